The number of rotatable bonds is 6. The van der Waals surface area contributed by atoms with Crippen LogP contribution in [-0.4, -0.2) is 29.5 Å². The van der Waals surface area contributed by atoms with Crippen LogP contribution >= 0.6 is 0 Å². The molecule has 0 aliphatic carbocycles. The summed E-state index contributed by atoms with van der Waals surface area (Å²) in [5.74, 6) is 2.38. The second-order valence-electron chi connectivity index (χ2n) is 5.64. The van der Waals surface area contributed by atoms with Crippen molar-refractivity contribution in [3.05, 3.63) is 42.4 Å². The third-order valence-corrected chi connectivity index (χ3v) is 3.37. The van der Waals surface area contributed by atoms with E-state index in [1.807, 2.05) is 24.4 Å². The van der Waals surface area contributed by atoms with E-state index in [9.17, 15) is 0 Å². The molecule has 1 aromatic carbocycles. The molecule has 0 spiro atoms. The van der Waals surface area contributed by atoms with E-state index in [-0.39, 0.29) is 0 Å². The van der Waals surface area contributed by atoms with Crippen molar-refractivity contribution in [3.63, 3.8) is 0 Å². The Morgan fingerprint density at radius 1 is 1.23 bits per heavy atom. The average Bonchev–Trinajstić information content (AvgIpc) is 3.00. The monoisotopic (exact) mass is 299 g/mol. The first-order valence-electron chi connectivity index (χ1n) is 7.73. The van der Waals surface area contributed by atoms with E-state index >= 15 is 0 Å². The number of nitrogens with zero attached hydrogens (tertiary/aromatic N) is 2. The van der Waals surface area contributed by atoms with Crippen LogP contribution in [0.5, 0.6) is 0 Å². The Bertz CT molecular complexity index is 586. The van der Waals surface area contributed by atoms with E-state index in [0.717, 1.165) is 36.0 Å². The van der Waals surface area contributed by atoms with Crippen molar-refractivity contribution in [3.8, 4) is 11.3 Å². The number of hydrogen-bond acceptors (Lipinski definition) is 2. The smallest absolute Gasteiger partial charge is 0.191 e. The minimum Gasteiger partial charge on any atom is -0.356 e. The summed E-state index contributed by atoms with van der Waals surface area (Å²) < 4.78 is 0. The topological polar surface area (TPSA) is 65.1 Å². The maximum absolute atomic E-state index is 4.41. The van der Waals surface area contributed by atoms with Crippen molar-refractivity contribution in [2.24, 2.45) is 10.9 Å². The predicted molar refractivity (Wildman–Crippen MR) is 91.7 cm³/mol. The number of aromatic amines is 1. The number of guanidine groups is 1. The molecule has 5 nitrogen and oxygen atoms in total. The molecule has 0 fully saturated rings. The zero-order valence-electron chi connectivity index (χ0n) is 13.6. The van der Waals surface area contributed by atoms with E-state index in [2.05, 4.69) is 51.6 Å². The first-order valence-corrected chi connectivity index (χ1v) is 7.73. The number of hydrogen-bond donors (Lipinski definition) is 3. The highest BCUT2D eigenvalue weighted by Gasteiger charge is 2.04. The second kappa shape index (κ2) is 8.22. The molecule has 0 unspecified atom stereocenters. The van der Waals surface area contributed by atoms with E-state index in [4.69, 9.17) is 0 Å². The summed E-state index contributed by atoms with van der Waals surface area (Å²) in [6.07, 6.45) is 2.99. The van der Waals surface area contributed by atoms with Gasteiger partial charge in [0.1, 0.15) is 5.82 Å². The minimum absolute atomic E-state index is 0.619. The largest absolute Gasteiger partial charge is 0.356 e. The zero-order valence-corrected chi connectivity index (χ0v) is 13.6. The fourth-order valence-electron chi connectivity index (χ4n) is 2.08. The van der Waals surface area contributed by atoms with Gasteiger partial charge in [-0.3, -0.25) is 4.99 Å². The highest BCUT2D eigenvalue weighted by atomic mass is 15.2. The van der Waals surface area contributed by atoms with Crippen molar-refractivity contribution >= 4 is 5.96 Å². The fourth-order valence-corrected chi connectivity index (χ4v) is 2.08. The summed E-state index contributed by atoms with van der Waals surface area (Å²) in [6.45, 7) is 5.97. The van der Waals surface area contributed by atoms with Crippen LogP contribution in [0.4, 0.5) is 0 Å². The lowest BCUT2D eigenvalue weighted by molar-refractivity contribution is 0.573. The van der Waals surface area contributed by atoms with Gasteiger partial charge in [0, 0.05) is 13.6 Å². The lowest BCUT2D eigenvalue weighted by Gasteiger charge is -2.11. The van der Waals surface area contributed by atoms with Crippen LogP contribution in [0.3, 0.4) is 0 Å². The van der Waals surface area contributed by atoms with Gasteiger partial charge < -0.3 is 15.6 Å². The highest BCUT2D eigenvalue weighted by molar-refractivity contribution is 5.79. The molecule has 0 aliphatic heterocycles. The predicted octanol–water partition coefficient (Wildman–Crippen LogP) is 2.79. The molecule has 3 N–H and O–H groups in total. The Balaban J connectivity index is 1.85. The highest BCUT2D eigenvalue weighted by Crippen LogP contribution is 2.15. The molecule has 0 atom stereocenters. The van der Waals surface area contributed by atoms with Crippen molar-refractivity contribution in [2.75, 3.05) is 13.6 Å². The Morgan fingerprint density at radius 2 is 2.00 bits per heavy atom. The first-order chi connectivity index (χ1) is 10.7. The maximum atomic E-state index is 4.41. The van der Waals surface area contributed by atoms with Gasteiger partial charge in [-0.25, -0.2) is 4.98 Å². The number of imidazole rings is 1. The lowest BCUT2D eigenvalue weighted by Crippen LogP contribution is -2.37. The van der Waals surface area contributed by atoms with E-state index < -0.39 is 0 Å². The molecule has 118 valence electrons. The molecule has 2 rings (SSSR count). The molecule has 0 saturated heterocycles. The molecule has 22 heavy (non-hydrogen) atoms. The summed E-state index contributed by atoms with van der Waals surface area (Å²) in [6, 6.07) is 10.2. The number of benzene rings is 1. The van der Waals surface area contributed by atoms with Crippen LogP contribution in [0, 0.1) is 5.92 Å². The van der Waals surface area contributed by atoms with Gasteiger partial charge in [-0.1, -0.05) is 44.2 Å². The van der Waals surface area contributed by atoms with Gasteiger partial charge in [0.2, 0.25) is 0 Å². The van der Waals surface area contributed by atoms with E-state index in [0.29, 0.717) is 12.5 Å². The van der Waals surface area contributed by atoms with Crippen LogP contribution in [0.2, 0.25) is 0 Å². The molecule has 0 saturated carbocycles. The van der Waals surface area contributed by atoms with Crippen molar-refractivity contribution in [1.29, 1.82) is 0 Å². The molecule has 1 aromatic heterocycles. The number of H-pyrrole nitrogens is 1. The standard InChI is InChI=1S/C17H25N5/c1-13(2)9-10-19-17(18-3)21-12-16-20-11-15(22-16)14-7-5-4-6-8-14/h4-8,11,13H,9-10,12H2,1-3H3,(H,20,22)(H2,18,19,21). The van der Waals surface area contributed by atoms with Gasteiger partial charge in [0.05, 0.1) is 18.4 Å². The summed E-state index contributed by atoms with van der Waals surface area (Å²) in [5, 5.41) is 6.58. The average molecular weight is 299 g/mol. The van der Waals surface area contributed by atoms with Gasteiger partial charge in [0.25, 0.3) is 0 Å². The van der Waals surface area contributed by atoms with Gasteiger partial charge in [-0.15, -0.1) is 0 Å². The van der Waals surface area contributed by atoms with Gasteiger partial charge in [0.15, 0.2) is 5.96 Å². The Morgan fingerprint density at radius 3 is 2.68 bits per heavy atom. The summed E-state index contributed by atoms with van der Waals surface area (Å²) in [4.78, 5) is 12.0. The van der Waals surface area contributed by atoms with E-state index in [1.165, 1.54) is 0 Å². The third-order valence-electron chi connectivity index (χ3n) is 3.37. The molecule has 0 aliphatic rings. The Kier molecular flexibility index (Phi) is 6.01. The fraction of sp³-hybridized carbons (Fsp3) is 0.412. The van der Waals surface area contributed by atoms with Crippen LogP contribution < -0.4 is 10.6 Å². The molecular weight excluding hydrogens is 274 g/mol. The molecule has 1 heterocycles. The van der Waals surface area contributed by atoms with Crippen LogP contribution in [0.1, 0.15) is 26.1 Å². The number of aromatic nitrogens is 2. The van der Waals surface area contributed by atoms with Crippen molar-refractivity contribution in [2.45, 2.75) is 26.8 Å². The normalized spacial score (nSPS) is 11.7. The molecule has 2 aromatic rings. The minimum atomic E-state index is 0.619. The van der Waals surface area contributed by atoms with Gasteiger partial charge in [-0.2, -0.15) is 0 Å². The lowest BCUT2D eigenvalue weighted by atomic mass is 10.1. The van der Waals surface area contributed by atoms with Crippen LogP contribution in [-0.2, 0) is 6.54 Å². The second-order valence-corrected chi connectivity index (χ2v) is 5.64. The third kappa shape index (κ3) is 4.91. The number of nitrogens with one attached hydrogen (secondary N) is 3. The van der Waals surface area contributed by atoms with E-state index in [1.54, 1.807) is 7.05 Å². The number of aliphatic imine (C=N–C) groups is 1. The van der Waals surface area contributed by atoms with Gasteiger partial charge in [-0.05, 0) is 17.9 Å². The quantitative estimate of drug-likeness (QED) is 0.567. The maximum Gasteiger partial charge on any atom is 0.191 e. The SMILES string of the molecule is CN=C(NCCC(C)C)NCc1ncc(-c2ccccc2)[nH]1. The van der Waals surface area contributed by atoms with Crippen molar-refractivity contribution in [1.82, 2.24) is 20.6 Å². The van der Waals surface area contributed by atoms with Crippen molar-refractivity contribution < 1.29 is 0 Å². The molecule has 5 heteroatoms. The first kappa shape index (κ1) is 16.1. The summed E-state index contributed by atoms with van der Waals surface area (Å²) in [5.41, 5.74) is 2.17. The molecule has 0 radical (unpaired) electrons. The van der Waals surface area contributed by atoms with Crippen LogP contribution in [0.25, 0.3) is 11.3 Å². The van der Waals surface area contributed by atoms with Gasteiger partial charge >= 0.3 is 0 Å². The molecular formula is C17H25N5. The summed E-state index contributed by atoms with van der Waals surface area (Å²) in [7, 11) is 1.78. The molecule has 0 amide bonds. The molecule has 0 bridgehead atoms. The Labute approximate surface area is 132 Å². The van der Waals surface area contributed by atoms with Crippen LogP contribution in [0.15, 0.2) is 41.5 Å². The Hall–Kier alpha value is -2.30. The summed E-state index contributed by atoms with van der Waals surface area (Å²) >= 11 is 0. The zero-order chi connectivity index (χ0) is 15.8.